The van der Waals surface area contributed by atoms with E-state index in [1.54, 1.807) is 0 Å². The molecule has 96 valence electrons. The molecule has 18 heavy (non-hydrogen) atoms. The molecule has 1 aromatic carbocycles. The minimum atomic E-state index is -1.08. The summed E-state index contributed by atoms with van der Waals surface area (Å²) in [5, 5.41) is 11.2. The van der Waals surface area contributed by atoms with Gasteiger partial charge in [0, 0.05) is 11.6 Å². The lowest BCUT2D eigenvalue weighted by Gasteiger charge is -2.24. The van der Waals surface area contributed by atoms with E-state index in [2.05, 4.69) is 5.32 Å². The number of carbonyl (C=O) groups excluding carboxylic acids is 1. The van der Waals surface area contributed by atoms with Gasteiger partial charge in [0.1, 0.15) is 5.82 Å². The first-order valence-corrected chi connectivity index (χ1v) is 5.87. The van der Waals surface area contributed by atoms with Crippen molar-refractivity contribution in [3.8, 4) is 0 Å². The summed E-state index contributed by atoms with van der Waals surface area (Å²) < 4.78 is 13.5. The number of amides is 1. The van der Waals surface area contributed by atoms with E-state index in [1.165, 1.54) is 12.1 Å². The number of anilines is 1. The van der Waals surface area contributed by atoms with Gasteiger partial charge in [-0.25, -0.2) is 4.39 Å². The maximum atomic E-state index is 13.5. The first-order valence-electron chi connectivity index (χ1n) is 5.87. The zero-order valence-electron chi connectivity index (χ0n) is 9.78. The summed E-state index contributed by atoms with van der Waals surface area (Å²) in [6.07, 6.45) is 2.46. The Morgan fingerprint density at radius 1 is 1.39 bits per heavy atom. The number of carboxylic acid groups (broad SMARTS) is 1. The maximum absolute atomic E-state index is 13.5. The van der Waals surface area contributed by atoms with Gasteiger partial charge in [-0.05, 0) is 30.5 Å². The molecule has 1 amide bonds. The quantitative estimate of drug-likeness (QED) is 0.862. The van der Waals surface area contributed by atoms with Crippen molar-refractivity contribution in [2.45, 2.75) is 25.7 Å². The number of carbonyl (C=O) groups is 2. The molecule has 0 heterocycles. The Hall–Kier alpha value is -1.91. The molecule has 0 unspecified atom stereocenters. The van der Waals surface area contributed by atoms with Crippen LogP contribution in [-0.4, -0.2) is 17.0 Å². The molecule has 0 aliphatic heterocycles. The summed E-state index contributed by atoms with van der Waals surface area (Å²) in [4.78, 5) is 22.1. The SMILES string of the molecule is O=C(O)Cc1ccc(NC(=O)C2CCC2)cc1F. The molecule has 5 heteroatoms. The maximum Gasteiger partial charge on any atom is 0.307 e. The van der Waals surface area contributed by atoms with Crippen LogP contribution >= 0.6 is 0 Å². The molecule has 0 aromatic heterocycles. The average Bonchev–Trinajstić information content (AvgIpc) is 2.18. The van der Waals surface area contributed by atoms with E-state index in [0.29, 0.717) is 5.69 Å². The van der Waals surface area contributed by atoms with Gasteiger partial charge >= 0.3 is 5.97 Å². The number of halogens is 1. The molecule has 1 fully saturated rings. The summed E-state index contributed by atoms with van der Waals surface area (Å²) >= 11 is 0. The third-order valence-corrected chi connectivity index (χ3v) is 3.14. The molecule has 0 spiro atoms. The average molecular weight is 251 g/mol. The Balaban J connectivity index is 2.03. The van der Waals surface area contributed by atoms with Gasteiger partial charge < -0.3 is 10.4 Å². The highest BCUT2D eigenvalue weighted by atomic mass is 19.1. The molecule has 4 nitrogen and oxygen atoms in total. The van der Waals surface area contributed by atoms with E-state index in [4.69, 9.17) is 5.11 Å². The third kappa shape index (κ3) is 2.85. The molecule has 1 aliphatic rings. The molecule has 0 atom stereocenters. The monoisotopic (exact) mass is 251 g/mol. The molecule has 0 bridgehead atoms. The normalized spacial score (nSPS) is 14.9. The molecule has 2 N–H and O–H groups in total. The van der Waals surface area contributed by atoms with Crippen LogP contribution in [0.3, 0.4) is 0 Å². The van der Waals surface area contributed by atoms with Crippen molar-refractivity contribution in [3.05, 3.63) is 29.6 Å². The standard InChI is InChI=1S/C13H14FNO3/c14-11-7-10(5-4-9(11)6-12(16)17)15-13(18)8-2-1-3-8/h4-5,7-8H,1-3,6H2,(H,15,18)(H,16,17). The Morgan fingerprint density at radius 2 is 2.11 bits per heavy atom. The Bertz CT molecular complexity index is 483. The second-order valence-electron chi connectivity index (χ2n) is 4.49. The van der Waals surface area contributed by atoms with Crippen LogP contribution in [0.2, 0.25) is 0 Å². The molecule has 0 saturated heterocycles. The van der Waals surface area contributed by atoms with Gasteiger partial charge in [-0.3, -0.25) is 9.59 Å². The van der Waals surface area contributed by atoms with Crippen molar-refractivity contribution in [1.82, 2.24) is 0 Å². The van der Waals surface area contributed by atoms with Crippen LogP contribution in [-0.2, 0) is 16.0 Å². The molecule has 1 aromatic rings. The van der Waals surface area contributed by atoms with Crippen molar-refractivity contribution in [3.63, 3.8) is 0 Å². The lowest BCUT2D eigenvalue weighted by atomic mass is 9.85. The Kier molecular flexibility index (Phi) is 3.60. The first kappa shape index (κ1) is 12.5. The van der Waals surface area contributed by atoms with Crippen molar-refractivity contribution >= 4 is 17.6 Å². The highest BCUT2D eigenvalue weighted by Gasteiger charge is 2.25. The molecule has 1 saturated carbocycles. The van der Waals surface area contributed by atoms with Crippen LogP contribution in [0, 0.1) is 11.7 Å². The number of nitrogens with one attached hydrogen (secondary N) is 1. The predicted octanol–water partition coefficient (Wildman–Crippen LogP) is 2.19. The van der Waals surface area contributed by atoms with E-state index in [1.807, 2.05) is 0 Å². The van der Waals surface area contributed by atoms with Crippen molar-refractivity contribution in [2.24, 2.45) is 5.92 Å². The lowest BCUT2D eigenvalue weighted by molar-refractivity contribution is -0.136. The minimum absolute atomic E-state index is 0.0340. The van der Waals surface area contributed by atoms with E-state index in [-0.39, 0.29) is 23.8 Å². The third-order valence-electron chi connectivity index (χ3n) is 3.14. The van der Waals surface area contributed by atoms with Crippen LogP contribution in [0.4, 0.5) is 10.1 Å². The largest absolute Gasteiger partial charge is 0.481 e. The van der Waals surface area contributed by atoms with Gasteiger partial charge in [-0.1, -0.05) is 12.5 Å². The van der Waals surface area contributed by atoms with Crippen LogP contribution in [0.25, 0.3) is 0 Å². The highest BCUT2D eigenvalue weighted by molar-refractivity contribution is 5.93. The summed E-state index contributed by atoms with van der Waals surface area (Å²) in [5.41, 5.74) is 0.489. The second kappa shape index (κ2) is 5.16. The predicted molar refractivity (Wildman–Crippen MR) is 63.7 cm³/mol. The van der Waals surface area contributed by atoms with Crippen LogP contribution in [0.15, 0.2) is 18.2 Å². The number of carboxylic acids is 1. The number of hydrogen-bond acceptors (Lipinski definition) is 2. The number of rotatable bonds is 4. The van der Waals surface area contributed by atoms with Crippen molar-refractivity contribution in [1.29, 1.82) is 0 Å². The molecule has 2 rings (SSSR count). The van der Waals surface area contributed by atoms with Gasteiger partial charge in [0.05, 0.1) is 6.42 Å². The zero-order chi connectivity index (χ0) is 13.1. The molecular formula is C13H14FNO3. The van der Waals surface area contributed by atoms with Crippen LogP contribution in [0.1, 0.15) is 24.8 Å². The van der Waals surface area contributed by atoms with Gasteiger partial charge in [-0.2, -0.15) is 0 Å². The van der Waals surface area contributed by atoms with Gasteiger partial charge in [0.25, 0.3) is 0 Å². The number of hydrogen-bond donors (Lipinski definition) is 2. The smallest absolute Gasteiger partial charge is 0.307 e. The van der Waals surface area contributed by atoms with E-state index in [0.717, 1.165) is 25.3 Å². The molecule has 0 radical (unpaired) electrons. The number of aliphatic carboxylic acids is 1. The van der Waals surface area contributed by atoms with E-state index in [9.17, 15) is 14.0 Å². The fourth-order valence-electron chi connectivity index (χ4n) is 1.85. The van der Waals surface area contributed by atoms with Gasteiger partial charge in [-0.15, -0.1) is 0 Å². The second-order valence-corrected chi connectivity index (χ2v) is 4.49. The summed E-state index contributed by atoms with van der Waals surface area (Å²) in [5.74, 6) is -1.75. The fourth-order valence-corrected chi connectivity index (χ4v) is 1.85. The number of benzene rings is 1. The van der Waals surface area contributed by atoms with Crippen molar-refractivity contribution in [2.75, 3.05) is 5.32 Å². The summed E-state index contributed by atoms with van der Waals surface area (Å²) in [6, 6.07) is 4.08. The molecular weight excluding hydrogens is 237 g/mol. The Morgan fingerprint density at radius 3 is 2.61 bits per heavy atom. The van der Waals surface area contributed by atoms with Crippen LogP contribution < -0.4 is 5.32 Å². The summed E-state index contributed by atoms with van der Waals surface area (Å²) in [7, 11) is 0. The first-order chi connectivity index (χ1) is 8.56. The zero-order valence-corrected chi connectivity index (χ0v) is 9.78. The van der Waals surface area contributed by atoms with E-state index >= 15 is 0 Å². The summed E-state index contributed by atoms with van der Waals surface area (Å²) in [6.45, 7) is 0. The lowest BCUT2D eigenvalue weighted by Crippen LogP contribution is -2.28. The molecule has 1 aliphatic carbocycles. The Labute approximate surface area is 104 Å². The fraction of sp³-hybridized carbons (Fsp3) is 0.385. The van der Waals surface area contributed by atoms with Crippen molar-refractivity contribution < 1.29 is 19.1 Å². The highest BCUT2D eigenvalue weighted by Crippen LogP contribution is 2.27. The van der Waals surface area contributed by atoms with Gasteiger partial charge in [0.2, 0.25) is 5.91 Å². The van der Waals surface area contributed by atoms with E-state index < -0.39 is 11.8 Å². The van der Waals surface area contributed by atoms with Gasteiger partial charge in [0.15, 0.2) is 0 Å². The van der Waals surface area contributed by atoms with Crippen LogP contribution in [0.5, 0.6) is 0 Å². The minimum Gasteiger partial charge on any atom is -0.481 e. The topological polar surface area (TPSA) is 66.4 Å².